The molecule has 2 atom stereocenters. The fourth-order valence-corrected chi connectivity index (χ4v) is 7.66. The zero-order chi connectivity index (χ0) is 31.8. The largest absolute Gasteiger partial charge is 0.355 e. The number of benzene rings is 4. The Kier molecular flexibility index (Phi) is 13.6. The normalized spacial score (nSPS) is 15.1. The topological polar surface area (TPSA) is 64.7 Å². The van der Waals surface area contributed by atoms with Gasteiger partial charge in [-0.25, -0.2) is 0 Å². The van der Waals surface area contributed by atoms with Crippen LogP contribution >= 0.6 is 23.5 Å². The van der Waals surface area contributed by atoms with Gasteiger partial charge in [-0.1, -0.05) is 97.1 Å². The molecule has 0 saturated carbocycles. The molecule has 46 heavy (non-hydrogen) atoms. The van der Waals surface area contributed by atoms with E-state index in [4.69, 9.17) is 0 Å². The zero-order valence-electron chi connectivity index (χ0n) is 26.3. The highest BCUT2D eigenvalue weighted by Gasteiger charge is 2.23. The molecule has 1 fully saturated rings. The minimum absolute atomic E-state index is 0.0608. The molecule has 1 aliphatic heterocycles. The summed E-state index contributed by atoms with van der Waals surface area (Å²) < 4.78 is 0. The summed E-state index contributed by atoms with van der Waals surface area (Å²) in [6, 6.07) is 40.3. The summed E-state index contributed by atoms with van der Waals surface area (Å²) in [6.45, 7) is 7.41. The fourth-order valence-electron chi connectivity index (χ4n) is 5.52. The molecule has 8 heteroatoms. The van der Waals surface area contributed by atoms with Crippen LogP contribution in [0.4, 0.5) is 0 Å². The Bertz CT molecular complexity index is 1340. The van der Waals surface area contributed by atoms with Gasteiger partial charge in [0, 0.05) is 49.1 Å². The van der Waals surface area contributed by atoms with E-state index >= 15 is 0 Å². The van der Waals surface area contributed by atoms with E-state index in [0.29, 0.717) is 13.1 Å². The third-order valence-electron chi connectivity index (χ3n) is 8.04. The van der Waals surface area contributed by atoms with Crippen LogP contribution in [0.15, 0.2) is 131 Å². The van der Waals surface area contributed by atoms with Gasteiger partial charge in [-0.05, 0) is 61.3 Å². The lowest BCUT2D eigenvalue weighted by atomic mass is 10.1. The molecule has 0 bridgehead atoms. The van der Waals surface area contributed by atoms with Gasteiger partial charge in [-0.3, -0.25) is 9.59 Å². The van der Waals surface area contributed by atoms with E-state index in [1.807, 2.05) is 97.1 Å². The van der Waals surface area contributed by atoms with Gasteiger partial charge < -0.3 is 20.4 Å². The average Bonchev–Trinajstić information content (AvgIpc) is 3.12. The molecule has 1 heterocycles. The summed E-state index contributed by atoms with van der Waals surface area (Å²) >= 11 is 3.19. The predicted molar refractivity (Wildman–Crippen MR) is 191 cm³/mol. The molecule has 2 N–H and O–H groups in total. The SMILES string of the molecule is O=C(NCCCN1CCN(CCCNC(=O)C(Sc2ccccc2)c2ccccc2)CC1)C(Sc1ccccc1)c1ccccc1. The maximum Gasteiger partial charge on any atom is 0.237 e. The van der Waals surface area contributed by atoms with Crippen molar-refractivity contribution in [2.24, 2.45) is 0 Å². The number of rotatable bonds is 16. The van der Waals surface area contributed by atoms with E-state index in [2.05, 4.69) is 44.7 Å². The number of hydrogen-bond acceptors (Lipinski definition) is 6. The van der Waals surface area contributed by atoms with Crippen LogP contribution < -0.4 is 10.6 Å². The summed E-state index contributed by atoms with van der Waals surface area (Å²) in [5, 5.41) is 5.84. The molecule has 0 aromatic heterocycles. The van der Waals surface area contributed by atoms with Crippen LogP contribution in [0.2, 0.25) is 0 Å². The average molecular weight is 653 g/mol. The molecule has 2 unspecified atom stereocenters. The zero-order valence-corrected chi connectivity index (χ0v) is 27.9. The number of amides is 2. The highest BCUT2D eigenvalue weighted by Crippen LogP contribution is 2.36. The second-order valence-electron chi connectivity index (χ2n) is 11.4. The second kappa shape index (κ2) is 18.6. The molecule has 0 aliphatic carbocycles. The second-order valence-corrected chi connectivity index (χ2v) is 13.8. The summed E-state index contributed by atoms with van der Waals surface area (Å²) in [5.41, 5.74) is 2.04. The number of carbonyl (C=O) groups is 2. The van der Waals surface area contributed by atoms with Gasteiger partial charge in [-0.2, -0.15) is 0 Å². The van der Waals surface area contributed by atoms with E-state index in [-0.39, 0.29) is 22.3 Å². The molecule has 0 spiro atoms. The van der Waals surface area contributed by atoms with Gasteiger partial charge in [0.05, 0.1) is 0 Å². The minimum Gasteiger partial charge on any atom is -0.355 e. The molecular formula is C38H44N4O2S2. The first kappa shape index (κ1) is 33.8. The molecule has 6 nitrogen and oxygen atoms in total. The third-order valence-corrected chi connectivity index (χ3v) is 10.6. The maximum atomic E-state index is 13.2. The van der Waals surface area contributed by atoms with Crippen molar-refractivity contribution >= 4 is 35.3 Å². The molecule has 0 radical (unpaired) electrons. The Morgan fingerprint density at radius 2 is 0.848 bits per heavy atom. The highest BCUT2D eigenvalue weighted by molar-refractivity contribution is 8.00. The van der Waals surface area contributed by atoms with Crippen molar-refractivity contribution in [2.45, 2.75) is 33.1 Å². The molecule has 2 amide bonds. The minimum atomic E-state index is -0.274. The van der Waals surface area contributed by atoms with Crippen LogP contribution in [0.5, 0.6) is 0 Å². The Labute approximate surface area is 282 Å². The molecule has 1 saturated heterocycles. The number of nitrogens with one attached hydrogen (secondary N) is 2. The first-order valence-corrected chi connectivity index (χ1v) is 17.9. The standard InChI is InChI=1S/C38H44N4O2S2/c43-37(35(31-15-5-1-6-16-31)45-33-19-9-3-10-20-33)39-23-13-25-41-27-29-42(30-28-41)26-14-24-40-38(44)36(32-17-7-2-8-18-32)46-34-21-11-4-12-22-34/h1-12,15-22,35-36H,13-14,23-30H2,(H,39,43)(H,40,44). The van der Waals surface area contributed by atoms with Gasteiger partial charge in [0.25, 0.3) is 0 Å². The van der Waals surface area contributed by atoms with Gasteiger partial charge in [0.1, 0.15) is 10.5 Å². The first-order valence-electron chi connectivity index (χ1n) is 16.2. The van der Waals surface area contributed by atoms with Crippen LogP contribution in [-0.4, -0.2) is 74.0 Å². The molecular weight excluding hydrogens is 609 g/mol. The van der Waals surface area contributed by atoms with Crippen molar-refractivity contribution < 1.29 is 9.59 Å². The number of piperazine rings is 1. The Morgan fingerprint density at radius 3 is 1.20 bits per heavy atom. The number of hydrogen-bond donors (Lipinski definition) is 2. The molecule has 5 rings (SSSR count). The number of thioether (sulfide) groups is 2. The summed E-state index contributed by atoms with van der Waals surface area (Å²) in [7, 11) is 0. The van der Waals surface area contributed by atoms with E-state index in [1.165, 1.54) is 0 Å². The monoisotopic (exact) mass is 652 g/mol. The van der Waals surface area contributed by atoms with Gasteiger partial charge in [0.2, 0.25) is 11.8 Å². The van der Waals surface area contributed by atoms with Crippen LogP contribution in [0.1, 0.15) is 34.5 Å². The lowest BCUT2D eigenvalue weighted by molar-refractivity contribution is -0.121. The van der Waals surface area contributed by atoms with Crippen molar-refractivity contribution in [1.29, 1.82) is 0 Å². The molecule has 4 aromatic rings. The van der Waals surface area contributed by atoms with Crippen molar-refractivity contribution in [3.63, 3.8) is 0 Å². The fraction of sp³-hybridized carbons (Fsp3) is 0.316. The lowest BCUT2D eigenvalue weighted by Crippen LogP contribution is -2.47. The van der Waals surface area contributed by atoms with Crippen molar-refractivity contribution in [3.05, 3.63) is 132 Å². The maximum absolute atomic E-state index is 13.2. The van der Waals surface area contributed by atoms with Crippen molar-refractivity contribution in [1.82, 2.24) is 20.4 Å². The molecule has 4 aromatic carbocycles. The van der Waals surface area contributed by atoms with Gasteiger partial charge in [0.15, 0.2) is 0 Å². The quantitative estimate of drug-likeness (QED) is 0.104. The van der Waals surface area contributed by atoms with Crippen molar-refractivity contribution in [2.75, 3.05) is 52.4 Å². The Hall–Kier alpha value is -3.56. The number of nitrogens with zero attached hydrogens (tertiary/aromatic N) is 2. The van der Waals surface area contributed by atoms with E-state index in [0.717, 1.165) is 73.0 Å². The third kappa shape index (κ3) is 10.8. The smallest absolute Gasteiger partial charge is 0.237 e. The van der Waals surface area contributed by atoms with E-state index in [1.54, 1.807) is 23.5 Å². The van der Waals surface area contributed by atoms with Crippen molar-refractivity contribution in [3.8, 4) is 0 Å². The summed E-state index contributed by atoms with van der Waals surface area (Å²) in [4.78, 5) is 33.6. The summed E-state index contributed by atoms with van der Waals surface area (Å²) in [5.74, 6) is 0.122. The molecule has 1 aliphatic rings. The Balaban J connectivity index is 0.980. The first-order chi connectivity index (χ1) is 22.7. The van der Waals surface area contributed by atoms with Crippen LogP contribution in [0, 0.1) is 0 Å². The van der Waals surface area contributed by atoms with Crippen LogP contribution in [0.3, 0.4) is 0 Å². The predicted octanol–water partition coefficient (Wildman–Crippen LogP) is 6.68. The molecule has 240 valence electrons. The lowest BCUT2D eigenvalue weighted by Gasteiger charge is -2.34. The summed E-state index contributed by atoms with van der Waals surface area (Å²) in [6.07, 6.45) is 1.86. The highest BCUT2D eigenvalue weighted by atomic mass is 32.2. The number of carbonyl (C=O) groups excluding carboxylic acids is 2. The van der Waals surface area contributed by atoms with Crippen LogP contribution in [0.25, 0.3) is 0 Å². The van der Waals surface area contributed by atoms with Gasteiger partial charge in [-0.15, -0.1) is 23.5 Å². The van der Waals surface area contributed by atoms with E-state index in [9.17, 15) is 9.59 Å². The van der Waals surface area contributed by atoms with Gasteiger partial charge >= 0.3 is 0 Å². The van der Waals surface area contributed by atoms with E-state index < -0.39 is 0 Å². The van der Waals surface area contributed by atoms with Crippen LogP contribution in [-0.2, 0) is 9.59 Å². The Morgan fingerprint density at radius 1 is 0.522 bits per heavy atom.